The van der Waals surface area contributed by atoms with E-state index in [1.165, 1.54) is 11.0 Å². The van der Waals surface area contributed by atoms with Crippen LogP contribution in [0.15, 0.2) is 82.1 Å². The van der Waals surface area contributed by atoms with Crippen molar-refractivity contribution in [1.82, 2.24) is 14.9 Å². The molecule has 11 heteroatoms. The van der Waals surface area contributed by atoms with Gasteiger partial charge in [-0.25, -0.2) is 13.1 Å². The Morgan fingerprint density at radius 1 is 1.00 bits per heavy atom. The SMILES string of the molecule is CC(C)C[C@H](NCC(=O)OCc1ccccc1)C(=O)N1CC(O)C(NS(=O)(=O)c2ccc3oc4ccccc4c3c2)C1. The van der Waals surface area contributed by atoms with Gasteiger partial charge in [-0.15, -0.1) is 0 Å². The first-order valence-corrected chi connectivity index (χ1v) is 15.4. The van der Waals surface area contributed by atoms with E-state index in [1.807, 2.05) is 68.4 Å². The van der Waals surface area contributed by atoms with Gasteiger partial charge < -0.3 is 19.2 Å². The quantitative estimate of drug-likeness (QED) is 0.226. The first kappa shape index (κ1) is 29.7. The summed E-state index contributed by atoms with van der Waals surface area (Å²) in [5.74, 6) is -0.663. The Labute approximate surface area is 244 Å². The van der Waals surface area contributed by atoms with E-state index >= 15 is 0 Å². The fourth-order valence-electron chi connectivity index (χ4n) is 5.18. The summed E-state index contributed by atoms with van der Waals surface area (Å²) in [6.45, 7) is 3.86. The van der Waals surface area contributed by atoms with Crippen molar-refractivity contribution in [2.24, 2.45) is 5.92 Å². The van der Waals surface area contributed by atoms with Crippen LogP contribution in [0.5, 0.6) is 0 Å². The standard InChI is InChI=1S/C31H35N3O7S/c1-20(2)14-25(32-16-30(36)40-19-21-8-4-3-5-9-21)31(37)34-17-26(27(35)18-34)33-42(38,39)22-12-13-29-24(15-22)23-10-6-7-11-28(23)41-29/h3-13,15,20,25-27,32-33,35H,14,16-19H2,1-2H3/t25-,26?,27?/m0/s1. The number of furan rings is 1. The third kappa shape index (κ3) is 6.81. The average molecular weight is 594 g/mol. The van der Waals surface area contributed by atoms with Crippen LogP contribution in [0.4, 0.5) is 0 Å². The Hall–Kier alpha value is -3.77. The maximum Gasteiger partial charge on any atom is 0.320 e. The molecule has 222 valence electrons. The second-order valence-electron chi connectivity index (χ2n) is 11.0. The number of nitrogens with zero attached hydrogens (tertiary/aromatic N) is 1. The van der Waals surface area contributed by atoms with Crippen LogP contribution in [0.3, 0.4) is 0 Å². The largest absolute Gasteiger partial charge is 0.460 e. The predicted molar refractivity (Wildman–Crippen MR) is 158 cm³/mol. The molecule has 1 fully saturated rings. The molecule has 5 rings (SSSR count). The number of sulfonamides is 1. The summed E-state index contributed by atoms with van der Waals surface area (Å²) >= 11 is 0. The van der Waals surface area contributed by atoms with E-state index in [0.717, 1.165) is 10.9 Å². The number of nitrogens with one attached hydrogen (secondary N) is 2. The highest BCUT2D eigenvalue weighted by Gasteiger charge is 2.39. The van der Waals surface area contributed by atoms with Crippen molar-refractivity contribution >= 4 is 43.8 Å². The number of β-amino-alcohol motifs (C(OH)–C–C–N with tert-alkyl or cyclic N) is 1. The number of likely N-dealkylation sites (tertiary alicyclic amines) is 1. The highest BCUT2D eigenvalue weighted by atomic mass is 32.2. The topological polar surface area (TPSA) is 138 Å². The van der Waals surface area contributed by atoms with Gasteiger partial charge in [-0.2, -0.15) is 0 Å². The second-order valence-corrected chi connectivity index (χ2v) is 12.7. The number of hydrogen-bond donors (Lipinski definition) is 3. The molecule has 2 unspecified atom stereocenters. The molecule has 4 aromatic rings. The number of carbonyl (C=O) groups is 2. The minimum Gasteiger partial charge on any atom is -0.460 e. The lowest BCUT2D eigenvalue weighted by molar-refractivity contribution is -0.144. The Balaban J connectivity index is 1.22. The van der Waals surface area contributed by atoms with Crippen LogP contribution in [0.25, 0.3) is 21.9 Å². The van der Waals surface area contributed by atoms with E-state index in [1.54, 1.807) is 12.1 Å². The number of fused-ring (bicyclic) bond motifs is 3. The van der Waals surface area contributed by atoms with Crippen LogP contribution in [0.2, 0.25) is 0 Å². The average Bonchev–Trinajstić information content (AvgIpc) is 3.53. The van der Waals surface area contributed by atoms with Gasteiger partial charge in [-0.05, 0) is 42.2 Å². The minimum atomic E-state index is -4.02. The molecule has 3 N–H and O–H groups in total. The molecule has 0 bridgehead atoms. The lowest BCUT2D eigenvalue weighted by Gasteiger charge is -2.25. The Morgan fingerprint density at radius 3 is 2.48 bits per heavy atom. The third-order valence-corrected chi connectivity index (χ3v) is 8.79. The molecule has 1 saturated heterocycles. The molecule has 1 aliphatic heterocycles. The lowest BCUT2D eigenvalue weighted by atomic mass is 10.0. The number of amides is 1. The fourth-order valence-corrected chi connectivity index (χ4v) is 6.47. The number of benzene rings is 3. The van der Waals surface area contributed by atoms with E-state index in [4.69, 9.17) is 9.15 Å². The molecule has 2 heterocycles. The minimum absolute atomic E-state index is 0.00908. The smallest absolute Gasteiger partial charge is 0.320 e. The summed E-state index contributed by atoms with van der Waals surface area (Å²) in [7, 11) is -4.02. The van der Waals surface area contributed by atoms with Gasteiger partial charge in [0.05, 0.1) is 29.6 Å². The maximum absolute atomic E-state index is 13.5. The summed E-state index contributed by atoms with van der Waals surface area (Å²) in [5, 5.41) is 15.2. The Morgan fingerprint density at radius 2 is 1.71 bits per heavy atom. The normalized spacial score (nSPS) is 18.1. The number of carbonyl (C=O) groups excluding carboxylic acids is 2. The van der Waals surface area contributed by atoms with Gasteiger partial charge in [0.25, 0.3) is 0 Å². The second kappa shape index (κ2) is 12.6. The molecule has 3 atom stereocenters. The maximum atomic E-state index is 13.5. The zero-order valence-corrected chi connectivity index (χ0v) is 24.3. The third-order valence-electron chi connectivity index (χ3n) is 7.31. The van der Waals surface area contributed by atoms with Crippen LogP contribution < -0.4 is 10.0 Å². The van der Waals surface area contributed by atoms with Crippen molar-refractivity contribution in [3.8, 4) is 0 Å². The number of aliphatic hydroxyl groups is 1. The van der Waals surface area contributed by atoms with Crippen molar-refractivity contribution < 1.29 is 32.3 Å². The fraction of sp³-hybridized carbons (Fsp3) is 0.355. The van der Waals surface area contributed by atoms with E-state index in [-0.39, 0.29) is 43.0 Å². The molecule has 0 saturated carbocycles. The zero-order valence-electron chi connectivity index (χ0n) is 23.5. The van der Waals surface area contributed by atoms with Crippen LogP contribution in [-0.4, -0.2) is 68.1 Å². The van der Waals surface area contributed by atoms with Crippen molar-refractivity contribution in [2.45, 2.75) is 50.0 Å². The molecule has 42 heavy (non-hydrogen) atoms. The number of aliphatic hydroxyl groups excluding tert-OH is 1. The number of ether oxygens (including phenoxy) is 1. The number of para-hydroxylation sites is 1. The molecule has 0 radical (unpaired) electrons. The molecular weight excluding hydrogens is 558 g/mol. The van der Waals surface area contributed by atoms with E-state index in [9.17, 15) is 23.1 Å². The molecule has 0 aliphatic carbocycles. The zero-order chi connectivity index (χ0) is 29.9. The molecule has 1 amide bonds. The molecule has 10 nitrogen and oxygen atoms in total. The van der Waals surface area contributed by atoms with Gasteiger partial charge >= 0.3 is 5.97 Å². The van der Waals surface area contributed by atoms with Crippen LogP contribution in [0, 0.1) is 5.92 Å². The molecule has 1 aliphatic rings. The van der Waals surface area contributed by atoms with Crippen molar-refractivity contribution in [2.75, 3.05) is 19.6 Å². The highest BCUT2D eigenvalue weighted by Crippen LogP contribution is 2.30. The summed E-state index contributed by atoms with van der Waals surface area (Å²) in [4.78, 5) is 27.3. The van der Waals surface area contributed by atoms with Crippen LogP contribution in [-0.2, 0) is 31.0 Å². The monoisotopic (exact) mass is 593 g/mol. The van der Waals surface area contributed by atoms with Crippen molar-refractivity contribution in [1.29, 1.82) is 0 Å². The highest BCUT2D eigenvalue weighted by molar-refractivity contribution is 7.89. The molecule has 3 aromatic carbocycles. The number of esters is 1. The number of hydrogen-bond acceptors (Lipinski definition) is 8. The van der Waals surface area contributed by atoms with E-state index < -0.39 is 34.2 Å². The Kier molecular flexibility index (Phi) is 8.93. The van der Waals surface area contributed by atoms with Gasteiger partial charge in [0, 0.05) is 23.9 Å². The van der Waals surface area contributed by atoms with Gasteiger partial charge in [0.15, 0.2) is 0 Å². The van der Waals surface area contributed by atoms with Crippen LogP contribution in [0.1, 0.15) is 25.8 Å². The molecule has 1 aromatic heterocycles. The first-order valence-electron chi connectivity index (χ1n) is 13.9. The summed E-state index contributed by atoms with van der Waals surface area (Å²) in [5.41, 5.74) is 2.09. The van der Waals surface area contributed by atoms with Gasteiger partial charge in [-0.1, -0.05) is 62.4 Å². The lowest BCUT2D eigenvalue weighted by Crippen LogP contribution is -2.49. The first-order chi connectivity index (χ1) is 20.1. The van der Waals surface area contributed by atoms with E-state index in [0.29, 0.717) is 23.0 Å². The van der Waals surface area contributed by atoms with Gasteiger partial charge in [-0.3, -0.25) is 14.9 Å². The summed E-state index contributed by atoms with van der Waals surface area (Å²) < 4.78 is 40.3. The predicted octanol–water partition coefficient (Wildman–Crippen LogP) is 3.18. The van der Waals surface area contributed by atoms with Crippen molar-refractivity contribution in [3.05, 3.63) is 78.4 Å². The molecular formula is C31H35N3O7S. The van der Waals surface area contributed by atoms with Gasteiger partial charge in [0.2, 0.25) is 15.9 Å². The molecule has 0 spiro atoms. The summed E-state index contributed by atoms with van der Waals surface area (Å²) in [6, 6.07) is 19.7. The number of rotatable bonds is 11. The van der Waals surface area contributed by atoms with Crippen LogP contribution >= 0.6 is 0 Å². The van der Waals surface area contributed by atoms with Crippen molar-refractivity contribution in [3.63, 3.8) is 0 Å². The Bertz CT molecular complexity index is 1670. The van der Waals surface area contributed by atoms with Gasteiger partial charge in [0.1, 0.15) is 17.8 Å². The van der Waals surface area contributed by atoms with E-state index in [2.05, 4.69) is 10.0 Å². The summed E-state index contributed by atoms with van der Waals surface area (Å²) in [6.07, 6.45) is -0.648.